The molecule has 1 aromatic heterocycles. The Morgan fingerprint density at radius 3 is 2.50 bits per heavy atom. The van der Waals surface area contributed by atoms with Crippen molar-refractivity contribution in [3.8, 4) is 11.4 Å². The van der Waals surface area contributed by atoms with Crippen molar-refractivity contribution in [3.05, 3.63) is 35.2 Å². The van der Waals surface area contributed by atoms with Gasteiger partial charge in [0.05, 0.1) is 12.1 Å². The van der Waals surface area contributed by atoms with Crippen molar-refractivity contribution in [1.29, 1.82) is 0 Å². The van der Waals surface area contributed by atoms with Gasteiger partial charge in [-0.3, -0.25) is 9.69 Å². The minimum atomic E-state index is -0.781. The average molecular weight is 428 g/mol. The Balaban J connectivity index is 0.00000280. The number of halogens is 2. The lowest BCUT2D eigenvalue weighted by atomic mass is 9.95. The van der Waals surface area contributed by atoms with E-state index in [4.69, 9.17) is 21.9 Å². The largest absolute Gasteiger partial charge is 0.339 e. The fourth-order valence-electron chi connectivity index (χ4n) is 3.32. The van der Waals surface area contributed by atoms with Crippen LogP contribution in [-0.2, 0) is 11.3 Å². The van der Waals surface area contributed by atoms with Crippen molar-refractivity contribution in [2.45, 2.75) is 38.8 Å². The van der Waals surface area contributed by atoms with Gasteiger partial charge >= 0.3 is 0 Å². The number of piperazine rings is 1. The number of amides is 1. The van der Waals surface area contributed by atoms with Crippen molar-refractivity contribution < 1.29 is 9.32 Å². The molecule has 1 saturated heterocycles. The first-order chi connectivity index (χ1) is 12.9. The summed E-state index contributed by atoms with van der Waals surface area (Å²) in [5, 5.41) is 4.71. The third-order valence-electron chi connectivity index (χ3n) is 4.85. The highest BCUT2D eigenvalue weighted by atomic mass is 35.5. The molecule has 1 amide bonds. The summed E-state index contributed by atoms with van der Waals surface area (Å²) in [7, 11) is 0. The molecule has 1 aromatic carbocycles. The van der Waals surface area contributed by atoms with Crippen molar-refractivity contribution in [2.24, 2.45) is 5.73 Å². The van der Waals surface area contributed by atoms with Crippen LogP contribution in [0.3, 0.4) is 0 Å². The standard InChI is InChI=1S/C19H26ClN5O2.ClH/c1-3-8-19(2,21)18(26)25-11-9-24(10-12-25)13-16-22-17(23-27-16)14-4-6-15(20)7-5-14;/h4-7H,3,8-13,21H2,1-2H3;1H. The predicted molar refractivity (Wildman–Crippen MR) is 111 cm³/mol. The third kappa shape index (κ3) is 5.44. The van der Waals surface area contributed by atoms with Gasteiger partial charge in [0.15, 0.2) is 0 Å². The second-order valence-electron chi connectivity index (χ2n) is 7.25. The van der Waals surface area contributed by atoms with Crippen molar-refractivity contribution in [1.82, 2.24) is 19.9 Å². The number of benzene rings is 1. The predicted octanol–water partition coefficient (Wildman–Crippen LogP) is 2.97. The Morgan fingerprint density at radius 2 is 1.89 bits per heavy atom. The second kappa shape index (κ2) is 9.69. The molecule has 7 nitrogen and oxygen atoms in total. The van der Waals surface area contributed by atoms with E-state index in [9.17, 15) is 4.79 Å². The average Bonchev–Trinajstić information content (AvgIpc) is 3.11. The first kappa shape index (κ1) is 22.6. The fraction of sp³-hybridized carbons (Fsp3) is 0.526. The zero-order chi connectivity index (χ0) is 19.4. The van der Waals surface area contributed by atoms with E-state index in [1.165, 1.54) is 0 Å². The molecule has 1 fully saturated rings. The minimum absolute atomic E-state index is 0. The molecule has 0 saturated carbocycles. The molecule has 0 bridgehead atoms. The van der Waals surface area contributed by atoms with Crippen LogP contribution in [0.4, 0.5) is 0 Å². The number of carbonyl (C=O) groups excluding carboxylic acids is 1. The highest BCUT2D eigenvalue weighted by Gasteiger charge is 2.33. The summed E-state index contributed by atoms with van der Waals surface area (Å²) >= 11 is 5.91. The lowest BCUT2D eigenvalue weighted by Gasteiger charge is -2.38. The Kier molecular flexibility index (Phi) is 7.83. The first-order valence-corrected chi connectivity index (χ1v) is 9.66. The third-order valence-corrected chi connectivity index (χ3v) is 5.10. The van der Waals surface area contributed by atoms with Crippen LogP contribution in [0.25, 0.3) is 11.4 Å². The van der Waals surface area contributed by atoms with Crippen molar-refractivity contribution >= 4 is 29.9 Å². The molecule has 3 rings (SSSR count). The number of carbonyl (C=O) groups is 1. The maximum Gasteiger partial charge on any atom is 0.242 e. The zero-order valence-corrected chi connectivity index (χ0v) is 17.8. The van der Waals surface area contributed by atoms with Crippen LogP contribution in [0.2, 0.25) is 5.02 Å². The molecule has 9 heteroatoms. The van der Waals surface area contributed by atoms with Gasteiger partial charge in [0, 0.05) is 36.8 Å². The Bertz CT molecular complexity index is 771. The summed E-state index contributed by atoms with van der Waals surface area (Å²) in [6, 6.07) is 7.32. The normalized spacial score (nSPS) is 17.1. The van der Waals surface area contributed by atoms with Gasteiger partial charge in [-0.05, 0) is 37.6 Å². The number of hydrogen-bond donors (Lipinski definition) is 1. The molecule has 1 aliphatic heterocycles. The number of nitrogens with two attached hydrogens (primary N) is 1. The summed E-state index contributed by atoms with van der Waals surface area (Å²) in [5.41, 5.74) is 6.26. The van der Waals surface area contributed by atoms with Gasteiger partial charge in [-0.15, -0.1) is 12.4 Å². The number of aromatic nitrogens is 2. The Hall–Kier alpha value is -1.67. The van der Waals surface area contributed by atoms with E-state index in [1.54, 1.807) is 12.1 Å². The van der Waals surface area contributed by atoms with Crippen molar-refractivity contribution in [3.63, 3.8) is 0 Å². The van der Waals surface area contributed by atoms with Crippen LogP contribution in [0.1, 0.15) is 32.6 Å². The van der Waals surface area contributed by atoms with Gasteiger partial charge in [0.1, 0.15) is 0 Å². The first-order valence-electron chi connectivity index (χ1n) is 9.28. The van der Waals surface area contributed by atoms with E-state index in [-0.39, 0.29) is 18.3 Å². The van der Waals surface area contributed by atoms with Crippen LogP contribution in [0, 0.1) is 0 Å². The summed E-state index contributed by atoms with van der Waals surface area (Å²) in [5.74, 6) is 1.15. The van der Waals surface area contributed by atoms with Gasteiger partial charge in [0.25, 0.3) is 0 Å². The Morgan fingerprint density at radius 1 is 1.25 bits per heavy atom. The van der Waals surface area contributed by atoms with Crippen LogP contribution in [0.15, 0.2) is 28.8 Å². The highest BCUT2D eigenvalue weighted by Crippen LogP contribution is 2.20. The van der Waals surface area contributed by atoms with Crippen molar-refractivity contribution in [2.75, 3.05) is 26.2 Å². The van der Waals surface area contributed by atoms with Crippen LogP contribution < -0.4 is 5.73 Å². The maximum atomic E-state index is 12.6. The molecule has 0 radical (unpaired) electrons. The van der Waals surface area contributed by atoms with Gasteiger partial charge in [0.2, 0.25) is 17.6 Å². The summed E-state index contributed by atoms with van der Waals surface area (Å²) in [6.45, 7) is 7.26. The van der Waals surface area contributed by atoms with E-state index in [0.29, 0.717) is 42.8 Å². The van der Waals surface area contributed by atoms with Gasteiger partial charge in [-0.25, -0.2) is 0 Å². The number of hydrogen-bond acceptors (Lipinski definition) is 6. The van der Waals surface area contributed by atoms with E-state index in [1.807, 2.05) is 30.9 Å². The second-order valence-corrected chi connectivity index (χ2v) is 7.69. The van der Waals surface area contributed by atoms with E-state index in [0.717, 1.165) is 25.1 Å². The lowest BCUT2D eigenvalue weighted by molar-refractivity contribution is -0.138. The van der Waals surface area contributed by atoms with Gasteiger partial charge in [-0.1, -0.05) is 30.1 Å². The maximum absolute atomic E-state index is 12.6. The quantitative estimate of drug-likeness (QED) is 0.761. The summed E-state index contributed by atoms with van der Waals surface area (Å²) in [4.78, 5) is 21.1. The molecular weight excluding hydrogens is 401 g/mol. The monoisotopic (exact) mass is 427 g/mol. The van der Waals surface area contributed by atoms with Crippen LogP contribution in [0.5, 0.6) is 0 Å². The number of rotatable bonds is 6. The molecule has 2 heterocycles. The molecule has 0 spiro atoms. The van der Waals surface area contributed by atoms with E-state index < -0.39 is 5.54 Å². The topological polar surface area (TPSA) is 88.5 Å². The zero-order valence-electron chi connectivity index (χ0n) is 16.2. The molecule has 1 unspecified atom stereocenters. The molecule has 154 valence electrons. The Labute approximate surface area is 176 Å². The van der Waals surface area contributed by atoms with E-state index in [2.05, 4.69) is 15.0 Å². The van der Waals surface area contributed by atoms with E-state index >= 15 is 0 Å². The molecular formula is C19H27Cl2N5O2. The van der Waals surface area contributed by atoms with Crippen LogP contribution in [-0.4, -0.2) is 57.6 Å². The molecule has 2 N–H and O–H groups in total. The molecule has 28 heavy (non-hydrogen) atoms. The van der Waals surface area contributed by atoms with Gasteiger partial charge < -0.3 is 15.2 Å². The molecule has 1 atom stereocenters. The molecule has 1 aliphatic rings. The minimum Gasteiger partial charge on any atom is -0.339 e. The summed E-state index contributed by atoms with van der Waals surface area (Å²) < 4.78 is 5.38. The smallest absolute Gasteiger partial charge is 0.242 e. The van der Waals surface area contributed by atoms with Gasteiger partial charge in [-0.2, -0.15) is 4.98 Å². The number of nitrogens with zero attached hydrogens (tertiary/aromatic N) is 4. The molecule has 0 aliphatic carbocycles. The highest BCUT2D eigenvalue weighted by molar-refractivity contribution is 6.30. The molecule has 2 aromatic rings. The SMILES string of the molecule is CCCC(C)(N)C(=O)N1CCN(Cc2nc(-c3ccc(Cl)cc3)no2)CC1.Cl. The fourth-order valence-corrected chi connectivity index (χ4v) is 3.45. The lowest BCUT2D eigenvalue weighted by Crippen LogP contribution is -2.58. The summed E-state index contributed by atoms with van der Waals surface area (Å²) in [6.07, 6.45) is 1.59. The van der Waals surface area contributed by atoms with Crippen LogP contribution >= 0.6 is 24.0 Å².